The first-order chi connectivity index (χ1) is 12.8. The Labute approximate surface area is 164 Å². The Bertz CT molecular complexity index is 1270. The number of carbonyl (C=O) groups is 1. The second kappa shape index (κ2) is 6.59. The van der Waals surface area contributed by atoms with Crippen molar-refractivity contribution in [2.24, 2.45) is 0 Å². The van der Waals surface area contributed by atoms with E-state index in [1.165, 1.54) is 23.5 Å². The van der Waals surface area contributed by atoms with Crippen LogP contribution in [0.2, 0.25) is 0 Å². The number of sulfonamides is 1. The topological polar surface area (TPSA) is 88.2 Å². The lowest BCUT2D eigenvalue weighted by Gasteiger charge is -2.07. The summed E-state index contributed by atoms with van der Waals surface area (Å²) >= 11 is 2.68. The van der Waals surface area contributed by atoms with Gasteiger partial charge in [-0.25, -0.2) is 17.9 Å². The maximum atomic E-state index is 12.3. The molecule has 4 rings (SSSR count). The minimum atomic E-state index is -3.93. The normalized spacial score (nSPS) is 11.8. The Kier molecular flexibility index (Phi) is 4.37. The number of rotatable bonds is 3. The monoisotopic (exact) mass is 417 g/mol. The molecule has 27 heavy (non-hydrogen) atoms. The molecule has 9 heteroatoms. The molecular formula is C18H15N3O3S3. The van der Waals surface area contributed by atoms with E-state index in [1.54, 1.807) is 18.2 Å². The average Bonchev–Trinajstić information content (AvgIpc) is 3.14. The molecule has 2 heterocycles. The van der Waals surface area contributed by atoms with Crippen LogP contribution in [-0.4, -0.2) is 18.8 Å². The predicted octanol–water partition coefficient (Wildman–Crippen LogP) is 4.64. The number of amides is 2. The van der Waals surface area contributed by atoms with Crippen molar-refractivity contribution in [1.82, 2.24) is 9.10 Å². The van der Waals surface area contributed by atoms with E-state index >= 15 is 0 Å². The summed E-state index contributed by atoms with van der Waals surface area (Å²) in [5.41, 5.74) is 3.12. The standard InChI is InChI=1S/C18H15N3O3S3/c1-10-8-11(2)14-13(9-10)25-16-15(14)20-26-17(16)19-18(22)21-27(23,24)12-6-4-3-5-7-12/h3-9H,1-2H3,(H2,19,21,22). The number of carbonyl (C=O) groups excluding carboxylic acids is 1. The van der Waals surface area contributed by atoms with Gasteiger partial charge in [-0.1, -0.05) is 24.3 Å². The first-order valence-electron chi connectivity index (χ1n) is 8.03. The number of aromatic nitrogens is 1. The van der Waals surface area contributed by atoms with Crippen molar-refractivity contribution in [3.63, 3.8) is 0 Å². The summed E-state index contributed by atoms with van der Waals surface area (Å²) in [6.07, 6.45) is 0. The summed E-state index contributed by atoms with van der Waals surface area (Å²) in [7, 11) is -3.93. The molecule has 0 atom stereocenters. The molecule has 2 aromatic carbocycles. The van der Waals surface area contributed by atoms with Crippen LogP contribution in [0.15, 0.2) is 47.4 Å². The SMILES string of the molecule is Cc1cc(C)c2c(c1)sc1c(NC(=O)NS(=O)(=O)c3ccccc3)snc12. The zero-order chi connectivity index (χ0) is 19.2. The van der Waals surface area contributed by atoms with Crippen LogP contribution in [0.3, 0.4) is 0 Å². The number of urea groups is 1. The van der Waals surface area contributed by atoms with Crippen LogP contribution >= 0.6 is 22.9 Å². The Morgan fingerprint density at radius 2 is 1.85 bits per heavy atom. The van der Waals surface area contributed by atoms with Crippen molar-refractivity contribution in [1.29, 1.82) is 0 Å². The number of anilines is 1. The quantitative estimate of drug-likeness (QED) is 0.508. The van der Waals surface area contributed by atoms with Gasteiger partial charge in [-0.15, -0.1) is 11.3 Å². The second-order valence-electron chi connectivity index (χ2n) is 6.12. The molecule has 0 fully saturated rings. The van der Waals surface area contributed by atoms with Gasteiger partial charge in [0.05, 0.1) is 9.60 Å². The van der Waals surface area contributed by atoms with E-state index in [9.17, 15) is 13.2 Å². The molecule has 2 N–H and O–H groups in total. The van der Waals surface area contributed by atoms with Gasteiger partial charge in [-0.2, -0.15) is 4.37 Å². The maximum absolute atomic E-state index is 12.3. The molecule has 0 bridgehead atoms. The third kappa shape index (κ3) is 3.29. The van der Waals surface area contributed by atoms with E-state index in [4.69, 9.17) is 0 Å². The highest BCUT2D eigenvalue weighted by Gasteiger charge is 2.20. The van der Waals surface area contributed by atoms with E-state index in [0.29, 0.717) is 5.00 Å². The molecule has 0 aliphatic heterocycles. The molecule has 6 nitrogen and oxygen atoms in total. The van der Waals surface area contributed by atoms with Crippen molar-refractivity contribution in [2.45, 2.75) is 18.7 Å². The summed E-state index contributed by atoms with van der Waals surface area (Å²) in [6.45, 7) is 4.07. The predicted molar refractivity (Wildman–Crippen MR) is 110 cm³/mol. The molecule has 2 aromatic heterocycles. The minimum absolute atomic E-state index is 0.0302. The van der Waals surface area contributed by atoms with E-state index in [1.807, 2.05) is 18.6 Å². The van der Waals surface area contributed by atoms with E-state index in [-0.39, 0.29) is 4.90 Å². The summed E-state index contributed by atoms with van der Waals surface area (Å²) < 4.78 is 33.0. The molecule has 2 amide bonds. The van der Waals surface area contributed by atoms with Gasteiger partial charge in [0.1, 0.15) is 10.5 Å². The Hall–Kier alpha value is -2.49. The number of fused-ring (bicyclic) bond motifs is 3. The smallest absolute Gasteiger partial charge is 0.296 e. The summed E-state index contributed by atoms with van der Waals surface area (Å²) in [5.74, 6) is 0. The first-order valence-corrected chi connectivity index (χ1v) is 11.1. The second-order valence-corrected chi connectivity index (χ2v) is 9.63. The molecule has 0 saturated heterocycles. The van der Waals surface area contributed by atoms with Crippen LogP contribution in [0, 0.1) is 13.8 Å². The van der Waals surface area contributed by atoms with Crippen molar-refractivity contribution >= 4 is 64.2 Å². The average molecular weight is 418 g/mol. The van der Waals surface area contributed by atoms with Crippen molar-refractivity contribution in [2.75, 3.05) is 5.32 Å². The number of hydrogen-bond acceptors (Lipinski definition) is 6. The van der Waals surface area contributed by atoms with Gasteiger partial charge in [0.15, 0.2) is 0 Å². The van der Waals surface area contributed by atoms with E-state index < -0.39 is 16.1 Å². The lowest BCUT2D eigenvalue weighted by molar-refractivity contribution is 0.256. The van der Waals surface area contributed by atoms with Gasteiger partial charge in [0, 0.05) is 10.1 Å². The van der Waals surface area contributed by atoms with Gasteiger partial charge in [0.2, 0.25) is 0 Å². The highest BCUT2D eigenvalue weighted by atomic mass is 32.2. The number of nitrogens with zero attached hydrogens (tertiary/aromatic N) is 1. The molecule has 0 radical (unpaired) electrons. The Balaban J connectivity index is 1.64. The molecular weight excluding hydrogens is 402 g/mol. The summed E-state index contributed by atoms with van der Waals surface area (Å²) in [6, 6.07) is 11.1. The van der Waals surface area contributed by atoms with Gasteiger partial charge in [-0.05, 0) is 54.7 Å². The van der Waals surface area contributed by atoms with Crippen molar-refractivity contribution < 1.29 is 13.2 Å². The van der Waals surface area contributed by atoms with Crippen molar-refractivity contribution in [3.8, 4) is 0 Å². The van der Waals surface area contributed by atoms with Crippen LogP contribution in [0.25, 0.3) is 20.3 Å². The molecule has 4 aromatic rings. The molecule has 138 valence electrons. The third-order valence-corrected chi connectivity index (χ3v) is 7.43. The highest BCUT2D eigenvalue weighted by Crippen LogP contribution is 2.41. The highest BCUT2D eigenvalue weighted by molar-refractivity contribution is 7.90. The van der Waals surface area contributed by atoms with E-state index in [0.717, 1.165) is 43.0 Å². The van der Waals surface area contributed by atoms with Gasteiger partial charge in [0.25, 0.3) is 10.0 Å². The number of nitrogens with one attached hydrogen (secondary N) is 2. The molecule has 0 unspecified atom stereocenters. The van der Waals surface area contributed by atoms with Crippen LogP contribution in [0.1, 0.15) is 11.1 Å². The van der Waals surface area contributed by atoms with E-state index in [2.05, 4.69) is 21.8 Å². The molecule has 0 saturated carbocycles. The van der Waals surface area contributed by atoms with Crippen LogP contribution in [0.4, 0.5) is 9.80 Å². The largest absolute Gasteiger partial charge is 0.333 e. The van der Waals surface area contributed by atoms with Crippen LogP contribution in [-0.2, 0) is 10.0 Å². The Morgan fingerprint density at radius 1 is 1.11 bits per heavy atom. The number of hydrogen-bond donors (Lipinski definition) is 2. The summed E-state index contributed by atoms with van der Waals surface area (Å²) in [5, 5.41) is 4.23. The minimum Gasteiger partial charge on any atom is -0.296 e. The fraction of sp³-hybridized carbons (Fsp3) is 0.111. The maximum Gasteiger partial charge on any atom is 0.333 e. The van der Waals surface area contributed by atoms with Gasteiger partial charge in [-0.3, -0.25) is 5.32 Å². The van der Waals surface area contributed by atoms with Gasteiger partial charge >= 0.3 is 6.03 Å². The molecule has 0 spiro atoms. The zero-order valence-corrected chi connectivity index (χ0v) is 16.9. The summed E-state index contributed by atoms with van der Waals surface area (Å²) in [4.78, 5) is 12.3. The first kappa shape index (κ1) is 17.9. The number of benzene rings is 2. The van der Waals surface area contributed by atoms with Gasteiger partial charge < -0.3 is 0 Å². The lowest BCUT2D eigenvalue weighted by Crippen LogP contribution is -2.34. The van der Waals surface area contributed by atoms with Crippen molar-refractivity contribution in [3.05, 3.63) is 53.6 Å². The third-order valence-electron chi connectivity index (χ3n) is 4.05. The van der Waals surface area contributed by atoms with Crippen LogP contribution in [0.5, 0.6) is 0 Å². The molecule has 0 aliphatic rings. The number of thiophene rings is 1. The molecule has 0 aliphatic carbocycles. The fourth-order valence-corrected chi connectivity index (χ4v) is 6.07. The van der Waals surface area contributed by atoms with Crippen LogP contribution < -0.4 is 10.0 Å². The zero-order valence-electron chi connectivity index (χ0n) is 14.4. The Morgan fingerprint density at radius 3 is 2.59 bits per heavy atom. The number of aryl methyl sites for hydroxylation is 2. The lowest BCUT2D eigenvalue weighted by atomic mass is 10.1. The fourth-order valence-electron chi connectivity index (χ4n) is 2.95.